The molecule has 0 unspecified atom stereocenters. The SMILES string of the molecule is COc1ccc(C(=O)[C@@H](C)Sc2nc(CN3CCOCC3)nc3ccccc23)cc1. The molecule has 0 bridgehead atoms. The standard InChI is InChI=1S/C23H25N3O3S/c1-16(22(27)17-7-9-18(28-2)10-8-17)30-23-19-5-3-4-6-20(19)24-21(25-23)15-26-11-13-29-14-12-26/h3-10,16H,11-15H2,1-2H3/t16-/m1/s1. The van der Waals surface area contributed by atoms with Crippen LogP contribution in [0.1, 0.15) is 23.1 Å². The number of morpholine rings is 1. The van der Waals surface area contributed by atoms with Gasteiger partial charge < -0.3 is 9.47 Å². The Morgan fingerprint density at radius 1 is 1.13 bits per heavy atom. The van der Waals surface area contributed by atoms with Gasteiger partial charge in [0, 0.05) is 24.0 Å². The molecule has 1 aromatic heterocycles. The Balaban J connectivity index is 1.57. The number of aromatic nitrogens is 2. The average molecular weight is 424 g/mol. The van der Waals surface area contributed by atoms with E-state index in [0.29, 0.717) is 12.1 Å². The molecule has 2 heterocycles. The fraction of sp³-hybridized carbons (Fsp3) is 0.348. The number of rotatable bonds is 7. The molecule has 1 atom stereocenters. The Morgan fingerprint density at radius 2 is 1.87 bits per heavy atom. The molecule has 0 aliphatic carbocycles. The van der Waals surface area contributed by atoms with Crippen LogP contribution >= 0.6 is 11.8 Å². The lowest BCUT2D eigenvalue weighted by atomic mass is 10.1. The number of Topliss-reactive ketones (excluding diaryl/α,β-unsaturated/α-hetero) is 1. The predicted molar refractivity (Wildman–Crippen MR) is 118 cm³/mol. The zero-order valence-corrected chi connectivity index (χ0v) is 18.0. The molecule has 6 nitrogen and oxygen atoms in total. The maximum atomic E-state index is 13.0. The van der Waals surface area contributed by atoms with Gasteiger partial charge in [-0.15, -0.1) is 0 Å². The number of methoxy groups -OCH3 is 1. The smallest absolute Gasteiger partial charge is 0.175 e. The van der Waals surface area contributed by atoms with Gasteiger partial charge in [0.05, 0.1) is 37.6 Å². The third-order valence-electron chi connectivity index (χ3n) is 5.12. The summed E-state index contributed by atoms with van der Waals surface area (Å²) in [5.74, 6) is 1.59. The van der Waals surface area contributed by atoms with E-state index in [0.717, 1.165) is 53.8 Å². The topological polar surface area (TPSA) is 64.5 Å². The van der Waals surface area contributed by atoms with Gasteiger partial charge in [0.2, 0.25) is 0 Å². The second-order valence-corrected chi connectivity index (χ2v) is 8.53. The van der Waals surface area contributed by atoms with Gasteiger partial charge in [-0.2, -0.15) is 0 Å². The summed E-state index contributed by atoms with van der Waals surface area (Å²) in [6.07, 6.45) is 0. The zero-order valence-electron chi connectivity index (χ0n) is 17.2. The van der Waals surface area contributed by atoms with Crippen molar-refractivity contribution in [1.29, 1.82) is 0 Å². The summed E-state index contributed by atoms with van der Waals surface area (Å²) in [7, 11) is 1.62. The van der Waals surface area contributed by atoms with Crippen molar-refractivity contribution in [2.75, 3.05) is 33.4 Å². The highest BCUT2D eigenvalue weighted by atomic mass is 32.2. The van der Waals surface area contributed by atoms with E-state index in [1.165, 1.54) is 11.8 Å². The van der Waals surface area contributed by atoms with Crippen molar-refractivity contribution < 1.29 is 14.3 Å². The molecule has 7 heteroatoms. The van der Waals surface area contributed by atoms with E-state index < -0.39 is 0 Å². The summed E-state index contributed by atoms with van der Waals surface area (Å²) in [6, 6.07) is 15.2. The fourth-order valence-electron chi connectivity index (χ4n) is 3.42. The number of nitrogens with zero attached hydrogens (tertiary/aromatic N) is 3. The Bertz CT molecular complexity index is 1020. The minimum atomic E-state index is -0.270. The molecule has 0 amide bonds. The number of ether oxygens (including phenoxy) is 2. The number of thioether (sulfide) groups is 1. The zero-order chi connectivity index (χ0) is 20.9. The molecule has 0 radical (unpaired) electrons. The highest BCUT2D eigenvalue weighted by molar-refractivity contribution is 8.00. The molecule has 0 N–H and O–H groups in total. The van der Waals surface area contributed by atoms with Crippen LogP contribution < -0.4 is 4.74 Å². The quantitative estimate of drug-likeness (QED) is 0.325. The van der Waals surface area contributed by atoms with E-state index >= 15 is 0 Å². The van der Waals surface area contributed by atoms with Crippen LogP contribution in [-0.2, 0) is 11.3 Å². The second-order valence-electron chi connectivity index (χ2n) is 7.20. The Hall–Kier alpha value is -2.48. The van der Waals surface area contributed by atoms with E-state index in [1.807, 2.05) is 43.3 Å². The first-order chi connectivity index (χ1) is 14.6. The van der Waals surface area contributed by atoms with E-state index in [-0.39, 0.29) is 11.0 Å². The predicted octanol–water partition coefficient (Wildman–Crippen LogP) is 3.83. The maximum absolute atomic E-state index is 13.0. The lowest BCUT2D eigenvalue weighted by Crippen LogP contribution is -2.36. The summed E-state index contributed by atoms with van der Waals surface area (Å²) in [6.45, 7) is 5.85. The van der Waals surface area contributed by atoms with Crippen molar-refractivity contribution in [3.05, 3.63) is 59.9 Å². The van der Waals surface area contributed by atoms with Gasteiger partial charge >= 0.3 is 0 Å². The lowest BCUT2D eigenvalue weighted by molar-refractivity contribution is 0.0330. The number of carbonyl (C=O) groups excluding carboxylic acids is 1. The average Bonchev–Trinajstić information content (AvgIpc) is 2.79. The van der Waals surface area contributed by atoms with Gasteiger partial charge in [-0.1, -0.05) is 30.0 Å². The first-order valence-corrected chi connectivity index (χ1v) is 10.9. The highest BCUT2D eigenvalue weighted by Crippen LogP contribution is 2.30. The number of ketones is 1. The Morgan fingerprint density at radius 3 is 2.60 bits per heavy atom. The van der Waals surface area contributed by atoms with Crippen LogP contribution in [0.3, 0.4) is 0 Å². The van der Waals surface area contributed by atoms with Crippen LogP contribution in [0.5, 0.6) is 5.75 Å². The molecule has 4 rings (SSSR count). The van der Waals surface area contributed by atoms with Crippen molar-refractivity contribution in [1.82, 2.24) is 14.9 Å². The molecule has 0 spiro atoms. The van der Waals surface area contributed by atoms with Gasteiger partial charge in [-0.3, -0.25) is 9.69 Å². The van der Waals surface area contributed by atoms with Gasteiger partial charge in [-0.25, -0.2) is 9.97 Å². The number of fused-ring (bicyclic) bond motifs is 1. The third kappa shape index (κ3) is 4.80. The van der Waals surface area contributed by atoms with Crippen LogP contribution in [0.4, 0.5) is 0 Å². The highest BCUT2D eigenvalue weighted by Gasteiger charge is 2.20. The fourth-order valence-corrected chi connectivity index (χ4v) is 4.46. The summed E-state index contributed by atoms with van der Waals surface area (Å²) in [5, 5.41) is 1.55. The molecule has 1 aliphatic heterocycles. The van der Waals surface area contributed by atoms with E-state index in [1.54, 1.807) is 19.2 Å². The van der Waals surface area contributed by atoms with Crippen LogP contribution in [-0.4, -0.2) is 59.3 Å². The Labute approximate surface area is 180 Å². The molecule has 1 aliphatic rings. The molecule has 1 saturated heterocycles. The molecule has 3 aromatic rings. The van der Waals surface area contributed by atoms with Crippen molar-refractivity contribution in [3.8, 4) is 5.75 Å². The molecule has 0 saturated carbocycles. The first kappa shape index (κ1) is 20.8. The van der Waals surface area contributed by atoms with Crippen LogP contribution in [0, 0.1) is 0 Å². The van der Waals surface area contributed by atoms with Crippen LogP contribution in [0.15, 0.2) is 53.6 Å². The van der Waals surface area contributed by atoms with Crippen molar-refractivity contribution in [2.45, 2.75) is 23.7 Å². The third-order valence-corrected chi connectivity index (χ3v) is 6.22. The molecule has 30 heavy (non-hydrogen) atoms. The monoisotopic (exact) mass is 423 g/mol. The van der Waals surface area contributed by atoms with Crippen LogP contribution in [0.2, 0.25) is 0 Å². The Kier molecular flexibility index (Phi) is 6.62. The molecule has 1 fully saturated rings. The lowest BCUT2D eigenvalue weighted by Gasteiger charge is -2.26. The minimum absolute atomic E-state index is 0.0695. The van der Waals surface area contributed by atoms with Crippen molar-refractivity contribution in [2.24, 2.45) is 0 Å². The number of benzene rings is 2. The summed E-state index contributed by atoms with van der Waals surface area (Å²) in [4.78, 5) is 24.8. The van der Waals surface area contributed by atoms with Gasteiger partial charge in [-0.05, 0) is 37.3 Å². The maximum Gasteiger partial charge on any atom is 0.175 e. The first-order valence-electron chi connectivity index (χ1n) is 10.0. The normalized spacial score (nSPS) is 15.8. The molecular weight excluding hydrogens is 398 g/mol. The van der Waals surface area contributed by atoms with Crippen LogP contribution in [0.25, 0.3) is 10.9 Å². The summed E-state index contributed by atoms with van der Waals surface area (Å²) in [5.41, 5.74) is 1.57. The summed E-state index contributed by atoms with van der Waals surface area (Å²) >= 11 is 1.49. The van der Waals surface area contributed by atoms with E-state index in [9.17, 15) is 4.79 Å². The minimum Gasteiger partial charge on any atom is -0.497 e. The van der Waals surface area contributed by atoms with Gasteiger partial charge in [0.1, 0.15) is 16.6 Å². The van der Waals surface area contributed by atoms with Crippen molar-refractivity contribution >= 4 is 28.4 Å². The van der Waals surface area contributed by atoms with Gasteiger partial charge in [0.25, 0.3) is 0 Å². The van der Waals surface area contributed by atoms with Gasteiger partial charge in [0.15, 0.2) is 5.78 Å². The largest absolute Gasteiger partial charge is 0.497 e. The van der Waals surface area contributed by atoms with Crippen molar-refractivity contribution in [3.63, 3.8) is 0 Å². The van der Waals surface area contributed by atoms with E-state index in [2.05, 4.69) is 4.90 Å². The number of hydrogen-bond donors (Lipinski definition) is 0. The van der Waals surface area contributed by atoms with E-state index in [4.69, 9.17) is 19.4 Å². The summed E-state index contributed by atoms with van der Waals surface area (Å²) < 4.78 is 10.6. The molecule has 156 valence electrons. The number of para-hydroxylation sites is 1. The molecular formula is C23H25N3O3S. The number of hydrogen-bond acceptors (Lipinski definition) is 7. The molecule has 2 aromatic carbocycles. The second kappa shape index (κ2) is 9.55. The number of carbonyl (C=O) groups is 1.